The average molecular weight is 297 g/mol. The van der Waals surface area contributed by atoms with Crippen molar-refractivity contribution >= 4 is 0 Å². The predicted octanol–water partition coefficient (Wildman–Crippen LogP) is 3.28. The van der Waals surface area contributed by atoms with Gasteiger partial charge in [0.15, 0.2) is 5.76 Å². The molecule has 5 nitrogen and oxygen atoms in total. The number of hydrogen-bond donors (Lipinski definition) is 2. The van der Waals surface area contributed by atoms with Gasteiger partial charge in [-0.05, 0) is 25.1 Å². The summed E-state index contributed by atoms with van der Waals surface area (Å²) in [6, 6.07) is 11.9. The Labute approximate surface area is 129 Å². The lowest BCUT2D eigenvalue weighted by Gasteiger charge is -2.09. The minimum absolute atomic E-state index is 0.698. The standard InChI is InChI=1S/C17H19N3O2/c1-12-7-8-16(22-12)17-14(11-19-20-17)10-18-9-13-5-3-4-6-15(13)21-2/h3-8,11,18H,9-10H2,1-2H3,(H,19,20). The second-order valence-electron chi connectivity index (χ2n) is 5.10. The Morgan fingerprint density at radius 1 is 1.14 bits per heavy atom. The Morgan fingerprint density at radius 3 is 2.73 bits per heavy atom. The third-order valence-corrected chi connectivity index (χ3v) is 3.53. The van der Waals surface area contributed by atoms with Crippen LogP contribution in [0.1, 0.15) is 16.9 Å². The molecule has 0 aliphatic carbocycles. The highest BCUT2D eigenvalue weighted by Gasteiger charge is 2.11. The lowest BCUT2D eigenvalue weighted by atomic mass is 10.2. The molecule has 0 saturated carbocycles. The van der Waals surface area contributed by atoms with Crippen LogP contribution in [-0.2, 0) is 13.1 Å². The van der Waals surface area contributed by atoms with Gasteiger partial charge in [0.05, 0.1) is 13.3 Å². The molecule has 1 aromatic carbocycles. The molecular formula is C17H19N3O2. The highest BCUT2D eigenvalue weighted by atomic mass is 16.5. The quantitative estimate of drug-likeness (QED) is 0.733. The Bertz CT molecular complexity index is 746. The number of hydrogen-bond acceptors (Lipinski definition) is 4. The SMILES string of the molecule is COc1ccccc1CNCc1cn[nH]c1-c1ccc(C)o1. The van der Waals surface area contributed by atoms with E-state index in [0.717, 1.165) is 40.6 Å². The molecule has 2 aromatic heterocycles. The van der Waals surface area contributed by atoms with Gasteiger partial charge >= 0.3 is 0 Å². The van der Waals surface area contributed by atoms with Crippen molar-refractivity contribution in [2.75, 3.05) is 7.11 Å². The van der Waals surface area contributed by atoms with Crippen molar-refractivity contribution in [1.29, 1.82) is 0 Å². The number of aryl methyl sites for hydroxylation is 1. The summed E-state index contributed by atoms with van der Waals surface area (Å²) in [5.74, 6) is 2.59. The molecule has 3 rings (SSSR count). The van der Waals surface area contributed by atoms with Crippen molar-refractivity contribution in [3.05, 3.63) is 59.5 Å². The normalized spacial score (nSPS) is 10.8. The van der Waals surface area contributed by atoms with Crippen molar-refractivity contribution in [2.45, 2.75) is 20.0 Å². The first-order valence-corrected chi connectivity index (χ1v) is 7.19. The smallest absolute Gasteiger partial charge is 0.152 e. The Hall–Kier alpha value is -2.53. The van der Waals surface area contributed by atoms with Crippen LogP contribution in [0.3, 0.4) is 0 Å². The van der Waals surface area contributed by atoms with Crippen LogP contribution in [0, 0.1) is 6.92 Å². The molecule has 5 heteroatoms. The number of H-pyrrole nitrogens is 1. The summed E-state index contributed by atoms with van der Waals surface area (Å²) in [6.45, 7) is 3.36. The molecule has 0 atom stereocenters. The number of aromatic amines is 1. The third kappa shape index (κ3) is 3.04. The van der Waals surface area contributed by atoms with E-state index in [1.165, 1.54) is 0 Å². The van der Waals surface area contributed by atoms with E-state index < -0.39 is 0 Å². The molecule has 22 heavy (non-hydrogen) atoms. The van der Waals surface area contributed by atoms with E-state index in [1.807, 2.05) is 43.5 Å². The molecule has 0 radical (unpaired) electrons. The predicted molar refractivity (Wildman–Crippen MR) is 84.6 cm³/mol. The summed E-state index contributed by atoms with van der Waals surface area (Å²) in [6.07, 6.45) is 1.82. The topological polar surface area (TPSA) is 63.1 Å². The number of rotatable bonds is 6. The molecule has 0 aliphatic rings. The summed E-state index contributed by atoms with van der Waals surface area (Å²) in [4.78, 5) is 0. The number of para-hydroxylation sites is 1. The molecule has 2 N–H and O–H groups in total. The van der Waals surface area contributed by atoms with Crippen molar-refractivity contribution in [3.63, 3.8) is 0 Å². The fourth-order valence-electron chi connectivity index (χ4n) is 2.41. The van der Waals surface area contributed by atoms with Gasteiger partial charge in [0.25, 0.3) is 0 Å². The molecule has 114 valence electrons. The number of furan rings is 1. The zero-order valence-corrected chi connectivity index (χ0v) is 12.7. The Morgan fingerprint density at radius 2 is 1.95 bits per heavy atom. The zero-order valence-electron chi connectivity index (χ0n) is 12.7. The minimum Gasteiger partial charge on any atom is -0.496 e. The van der Waals surface area contributed by atoms with Gasteiger partial charge in [0.2, 0.25) is 0 Å². The van der Waals surface area contributed by atoms with Gasteiger partial charge < -0.3 is 14.5 Å². The summed E-state index contributed by atoms with van der Waals surface area (Å²) in [7, 11) is 1.69. The second kappa shape index (κ2) is 6.49. The second-order valence-corrected chi connectivity index (χ2v) is 5.10. The number of nitrogens with zero attached hydrogens (tertiary/aromatic N) is 1. The Kier molecular flexibility index (Phi) is 4.25. The van der Waals surface area contributed by atoms with E-state index >= 15 is 0 Å². The fraction of sp³-hybridized carbons (Fsp3) is 0.235. The number of nitrogens with one attached hydrogen (secondary N) is 2. The van der Waals surface area contributed by atoms with Crippen LogP contribution >= 0.6 is 0 Å². The minimum atomic E-state index is 0.698. The zero-order chi connectivity index (χ0) is 15.4. The monoisotopic (exact) mass is 297 g/mol. The maximum absolute atomic E-state index is 5.65. The number of methoxy groups -OCH3 is 1. The van der Waals surface area contributed by atoms with Crippen LogP contribution in [0.5, 0.6) is 5.75 Å². The third-order valence-electron chi connectivity index (χ3n) is 3.53. The van der Waals surface area contributed by atoms with Gasteiger partial charge in [-0.25, -0.2) is 0 Å². The highest BCUT2D eigenvalue weighted by molar-refractivity contribution is 5.56. The van der Waals surface area contributed by atoms with Crippen LogP contribution < -0.4 is 10.1 Å². The van der Waals surface area contributed by atoms with E-state index in [9.17, 15) is 0 Å². The van der Waals surface area contributed by atoms with E-state index in [2.05, 4.69) is 21.6 Å². The van der Waals surface area contributed by atoms with Crippen molar-refractivity contribution in [1.82, 2.24) is 15.5 Å². The van der Waals surface area contributed by atoms with Gasteiger partial charge in [0.1, 0.15) is 17.2 Å². The molecule has 0 fully saturated rings. The first-order chi connectivity index (χ1) is 10.8. The van der Waals surface area contributed by atoms with Crippen LogP contribution in [0.4, 0.5) is 0 Å². The molecule has 0 amide bonds. The largest absolute Gasteiger partial charge is 0.496 e. The maximum Gasteiger partial charge on any atom is 0.152 e. The number of benzene rings is 1. The van der Waals surface area contributed by atoms with Crippen molar-refractivity contribution < 1.29 is 9.15 Å². The molecule has 0 saturated heterocycles. The molecule has 0 unspecified atom stereocenters. The molecule has 0 aliphatic heterocycles. The van der Waals surface area contributed by atoms with Crippen LogP contribution in [0.15, 0.2) is 47.0 Å². The summed E-state index contributed by atoms with van der Waals surface area (Å²) >= 11 is 0. The van der Waals surface area contributed by atoms with Gasteiger partial charge in [-0.2, -0.15) is 5.10 Å². The first-order valence-electron chi connectivity index (χ1n) is 7.19. The van der Waals surface area contributed by atoms with Crippen LogP contribution in [-0.4, -0.2) is 17.3 Å². The van der Waals surface area contributed by atoms with Crippen LogP contribution in [0.2, 0.25) is 0 Å². The lowest BCUT2D eigenvalue weighted by Crippen LogP contribution is -2.13. The molecule has 2 heterocycles. The lowest BCUT2D eigenvalue weighted by molar-refractivity contribution is 0.407. The maximum atomic E-state index is 5.65. The highest BCUT2D eigenvalue weighted by Crippen LogP contribution is 2.23. The summed E-state index contributed by atoms with van der Waals surface area (Å²) < 4.78 is 11.0. The molecule has 3 aromatic rings. The molecule has 0 spiro atoms. The fourth-order valence-corrected chi connectivity index (χ4v) is 2.41. The molecular weight excluding hydrogens is 278 g/mol. The number of ether oxygens (including phenoxy) is 1. The van der Waals surface area contributed by atoms with E-state index in [4.69, 9.17) is 9.15 Å². The average Bonchev–Trinajstić information content (AvgIpc) is 3.16. The van der Waals surface area contributed by atoms with Gasteiger partial charge in [-0.15, -0.1) is 0 Å². The van der Waals surface area contributed by atoms with Crippen molar-refractivity contribution in [2.24, 2.45) is 0 Å². The molecule has 0 bridgehead atoms. The Balaban J connectivity index is 1.67. The summed E-state index contributed by atoms with van der Waals surface area (Å²) in [5, 5.41) is 10.5. The van der Waals surface area contributed by atoms with Gasteiger partial charge in [-0.1, -0.05) is 18.2 Å². The van der Waals surface area contributed by atoms with E-state index in [0.29, 0.717) is 6.54 Å². The van der Waals surface area contributed by atoms with Gasteiger partial charge in [0, 0.05) is 24.2 Å². The van der Waals surface area contributed by atoms with Crippen LogP contribution in [0.25, 0.3) is 11.5 Å². The van der Waals surface area contributed by atoms with E-state index in [1.54, 1.807) is 7.11 Å². The number of aromatic nitrogens is 2. The first kappa shape index (κ1) is 14.4. The summed E-state index contributed by atoms with van der Waals surface area (Å²) in [5.41, 5.74) is 3.12. The van der Waals surface area contributed by atoms with Crippen molar-refractivity contribution in [3.8, 4) is 17.2 Å². The van der Waals surface area contributed by atoms with E-state index in [-0.39, 0.29) is 0 Å². The van der Waals surface area contributed by atoms with Gasteiger partial charge in [-0.3, -0.25) is 5.10 Å².